The van der Waals surface area contributed by atoms with Gasteiger partial charge in [-0.25, -0.2) is 10.4 Å². The van der Waals surface area contributed by atoms with E-state index in [0.717, 1.165) is 35.0 Å². The smallest absolute Gasteiger partial charge is 0.267 e. The molecule has 0 radical (unpaired) electrons. The first-order chi connectivity index (χ1) is 10.2. The van der Waals surface area contributed by atoms with E-state index >= 15 is 0 Å². The molecule has 4 nitrogen and oxygen atoms in total. The lowest BCUT2D eigenvalue weighted by atomic mass is 9.95. The molecule has 108 valence electrons. The Balaban J connectivity index is 1.95. The molecule has 0 aliphatic carbocycles. The number of nitrogens with zero attached hydrogens (tertiary/aromatic N) is 1. The number of carbonyl (C=O) groups is 2. The van der Waals surface area contributed by atoms with Crippen LogP contribution in [0.25, 0.3) is 10.8 Å². The van der Waals surface area contributed by atoms with Gasteiger partial charge in [-0.3, -0.25) is 9.59 Å². The van der Waals surface area contributed by atoms with Crippen molar-refractivity contribution in [3.8, 4) is 0 Å². The summed E-state index contributed by atoms with van der Waals surface area (Å²) < 4.78 is 0. The van der Waals surface area contributed by atoms with E-state index in [4.69, 9.17) is 0 Å². The fourth-order valence-electron chi connectivity index (χ4n) is 2.74. The third-order valence-corrected chi connectivity index (χ3v) is 3.82. The Morgan fingerprint density at radius 3 is 2.14 bits per heavy atom. The molecule has 4 heteroatoms. The second-order valence-electron chi connectivity index (χ2n) is 5.27. The van der Waals surface area contributed by atoms with Crippen molar-refractivity contribution in [2.75, 3.05) is 6.54 Å². The molecule has 0 unspecified atom stereocenters. The van der Waals surface area contributed by atoms with Crippen LogP contribution in [0.3, 0.4) is 0 Å². The zero-order chi connectivity index (χ0) is 14.8. The van der Waals surface area contributed by atoms with Gasteiger partial charge in [-0.1, -0.05) is 44.0 Å². The van der Waals surface area contributed by atoms with Crippen molar-refractivity contribution in [3.05, 3.63) is 47.5 Å². The van der Waals surface area contributed by atoms with Gasteiger partial charge in [0.25, 0.3) is 11.8 Å². The molecule has 3 rings (SSSR count). The summed E-state index contributed by atoms with van der Waals surface area (Å²) in [5.74, 6) is -0.526. The Kier molecular flexibility index (Phi) is 3.71. The van der Waals surface area contributed by atoms with Crippen LogP contribution in [0.2, 0.25) is 0 Å². The van der Waals surface area contributed by atoms with Gasteiger partial charge in [-0.15, -0.1) is 0 Å². The molecule has 2 aromatic rings. The summed E-state index contributed by atoms with van der Waals surface area (Å²) in [6.45, 7) is 2.75. The lowest BCUT2D eigenvalue weighted by Crippen LogP contribution is -2.49. The van der Waals surface area contributed by atoms with Gasteiger partial charge in [0, 0.05) is 11.9 Å². The van der Waals surface area contributed by atoms with Crippen LogP contribution in [0.5, 0.6) is 0 Å². The third kappa shape index (κ3) is 2.32. The molecular weight excluding hydrogens is 264 g/mol. The van der Waals surface area contributed by atoms with Gasteiger partial charge >= 0.3 is 0 Å². The van der Waals surface area contributed by atoms with Crippen LogP contribution in [-0.4, -0.2) is 23.4 Å². The average molecular weight is 282 g/mol. The van der Waals surface area contributed by atoms with Crippen LogP contribution in [0.1, 0.15) is 46.9 Å². The van der Waals surface area contributed by atoms with Crippen molar-refractivity contribution in [3.63, 3.8) is 0 Å². The van der Waals surface area contributed by atoms with E-state index in [0.29, 0.717) is 17.7 Å². The van der Waals surface area contributed by atoms with Crippen LogP contribution >= 0.6 is 0 Å². The first-order valence-electron chi connectivity index (χ1n) is 7.38. The highest BCUT2D eigenvalue weighted by molar-refractivity contribution is 6.25. The summed E-state index contributed by atoms with van der Waals surface area (Å²) in [4.78, 5) is 25.0. The van der Waals surface area contributed by atoms with Gasteiger partial charge in [0.2, 0.25) is 0 Å². The lowest BCUT2D eigenvalue weighted by molar-refractivity contribution is 0.0520. The highest BCUT2D eigenvalue weighted by Crippen LogP contribution is 2.29. The molecule has 0 saturated carbocycles. The maximum absolute atomic E-state index is 12.5. The molecular formula is C17H18N2O2. The van der Waals surface area contributed by atoms with Gasteiger partial charge < -0.3 is 0 Å². The molecule has 0 atom stereocenters. The van der Waals surface area contributed by atoms with Crippen LogP contribution in [-0.2, 0) is 0 Å². The maximum Gasteiger partial charge on any atom is 0.275 e. The topological polar surface area (TPSA) is 49.4 Å². The summed E-state index contributed by atoms with van der Waals surface area (Å²) >= 11 is 0. The average Bonchev–Trinajstić information content (AvgIpc) is 2.51. The predicted molar refractivity (Wildman–Crippen MR) is 82.0 cm³/mol. The standard InChI is InChI=1S/C17H18N2O2/c1-2-3-4-11-18-19-16(20)13-9-5-7-12-8-6-10-14(15(12)13)17(19)21/h5-10,18H,2-4,11H2,1H3. The van der Waals surface area contributed by atoms with E-state index in [1.165, 1.54) is 0 Å². The number of benzene rings is 2. The van der Waals surface area contributed by atoms with Gasteiger partial charge in [-0.2, -0.15) is 0 Å². The zero-order valence-electron chi connectivity index (χ0n) is 12.1. The van der Waals surface area contributed by atoms with E-state index in [1.807, 2.05) is 24.3 Å². The van der Waals surface area contributed by atoms with Gasteiger partial charge in [0.05, 0.1) is 11.1 Å². The Labute approximate surface area is 123 Å². The van der Waals surface area contributed by atoms with Gasteiger partial charge in [0.1, 0.15) is 0 Å². The minimum atomic E-state index is -0.263. The molecule has 1 N–H and O–H groups in total. The number of carbonyl (C=O) groups excluding carboxylic acids is 2. The number of amides is 2. The SMILES string of the molecule is CCCCCNN1C(=O)c2cccc3cccc(c23)C1=O. The largest absolute Gasteiger partial charge is 0.275 e. The second kappa shape index (κ2) is 5.66. The van der Waals surface area contributed by atoms with Crippen molar-refractivity contribution in [2.45, 2.75) is 26.2 Å². The molecule has 1 heterocycles. The Morgan fingerprint density at radius 1 is 0.952 bits per heavy atom. The number of imide groups is 1. The molecule has 2 aromatic carbocycles. The van der Waals surface area contributed by atoms with Crippen molar-refractivity contribution < 1.29 is 9.59 Å². The van der Waals surface area contributed by atoms with E-state index in [1.54, 1.807) is 12.1 Å². The Morgan fingerprint density at radius 2 is 1.57 bits per heavy atom. The van der Waals surface area contributed by atoms with Crippen molar-refractivity contribution in [1.82, 2.24) is 10.4 Å². The summed E-state index contributed by atoms with van der Waals surface area (Å²) in [5, 5.41) is 2.85. The van der Waals surface area contributed by atoms with E-state index < -0.39 is 0 Å². The normalized spacial score (nSPS) is 14.0. The highest BCUT2D eigenvalue weighted by Gasteiger charge is 2.32. The van der Waals surface area contributed by atoms with Crippen LogP contribution in [0, 0.1) is 0 Å². The van der Waals surface area contributed by atoms with Crippen LogP contribution in [0.15, 0.2) is 36.4 Å². The number of unbranched alkanes of at least 4 members (excludes halogenated alkanes) is 2. The molecule has 2 amide bonds. The Hall–Kier alpha value is -2.20. The lowest BCUT2D eigenvalue weighted by Gasteiger charge is -2.27. The van der Waals surface area contributed by atoms with Crippen LogP contribution < -0.4 is 5.43 Å². The zero-order valence-corrected chi connectivity index (χ0v) is 12.1. The minimum absolute atomic E-state index is 0.263. The molecule has 0 spiro atoms. The molecule has 21 heavy (non-hydrogen) atoms. The molecule has 1 aliphatic rings. The molecule has 0 bridgehead atoms. The van der Waals surface area contributed by atoms with E-state index in [2.05, 4.69) is 12.3 Å². The van der Waals surface area contributed by atoms with Crippen molar-refractivity contribution >= 4 is 22.6 Å². The number of rotatable bonds is 5. The fraction of sp³-hybridized carbons (Fsp3) is 0.294. The molecule has 0 saturated heterocycles. The number of hydrazine groups is 1. The highest BCUT2D eigenvalue weighted by atomic mass is 16.2. The summed E-state index contributed by atoms with van der Waals surface area (Å²) in [5.41, 5.74) is 4.15. The first kappa shape index (κ1) is 13.8. The summed E-state index contributed by atoms with van der Waals surface area (Å²) in [7, 11) is 0. The van der Waals surface area contributed by atoms with Crippen LogP contribution in [0.4, 0.5) is 0 Å². The number of hydrogen-bond acceptors (Lipinski definition) is 3. The molecule has 0 fully saturated rings. The quantitative estimate of drug-likeness (QED) is 0.677. The van der Waals surface area contributed by atoms with E-state index in [-0.39, 0.29) is 11.8 Å². The number of nitrogens with one attached hydrogen (secondary N) is 1. The maximum atomic E-state index is 12.5. The third-order valence-electron chi connectivity index (χ3n) is 3.82. The van der Waals surface area contributed by atoms with Gasteiger partial charge in [0.15, 0.2) is 0 Å². The monoisotopic (exact) mass is 282 g/mol. The van der Waals surface area contributed by atoms with Crippen molar-refractivity contribution in [2.24, 2.45) is 0 Å². The first-order valence-corrected chi connectivity index (χ1v) is 7.38. The fourth-order valence-corrected chi connectivity index (χ4v) is 2.74. The van der Waals surface area contributed by atoms with Gasteiger partial charge in [-0.05, 0) is 23.9 Å². The van der Waals surface area contributed by atoms with Crippen molar-refractivity contribution in [1.29, 1.82) is 0 Å². The minimum Gasteiger partial charge on any atom is -0.267 e. The number of hydrogen-bond donors (Lipinski definition) is 1. The molecule has 0 aromatic heterocycles. The predicted octanol–water partition coefficient (Wildman–Crippen LogP) is 3.13. The Bertz CT molecular complexity index is 658. The summed E-state index contributed by atoms with van der Waals surface area (Å²) in [6, 6.07) is 11.1. The summed E-state index contributed by atoms with van der Waals surface area (Å²) in [6.07, 6.45) is 3.13. The second-order valence-corrected chi connectivity index (χ2v) is 5.27. The molecule has 1 aliphatic heterocycles. The van der Waals surface area contributed by atoms with E-state index in [9.17, 15) is 9.59 Å².